The van der Waals surface area contributed by atoms with Crippen molar-refractivity contribution in [2.45, 2.75) is 12.3 Å². The highest BCUT2D eigenvalue weighted by molar-refractivity contribution is 8.00. The van der Waals surface area contributed by atoms with E-state index in [1.165, 1.54) is 42.3 Å². The van der Waals surface area contributed by atoms with E-state index in [1.807, 2.05) is 0 Å². The average Bonchev–Trinajstić information content (AvgIpc) is 2.96. The number of hydrogen-bond donors (Lipinski definition) is 2. The van der Waals surface area contributed by atoms with Gasteiger partial charge in [-0.25, -0.2) is 9.99 Å². The zero-order valence-corrected chi connectivity index (χ0v) is 14.4. The maximum absolute atomic E-state index is 12.3. The quantitative estimate of drug-likeness (QED) is 0.849. The Labute approximate surface area is 148 Å². The summed E-state index contributed by atoms with van der Waals surface area (Å²) in [6.07, 6.45) is 2.84. The van der Waals surface area contributed by atoms with Crippen molar-refractivity contribution in [3.63, 3.8) is 0 Å². The minimum Gasteiger partial charge on any atom is -0.504 e. The van der Waals surface area contributed by atoms with Gasteiger partial charge in [-0.3, -0.25) is 20.0 Å². The van der Waals surface area contributed by atoms with Crippen LogP contribution in [0.1, 0.15) is 27.1 Å². The molecule has 25 heavy (non-hydrogen) atoms. The number of phenols is 1. The molecule has 1 aliphatic heterocycles. The molecule has 2 heterocycles. The van der Waals surface area contributed by atoms with Crippen molar-refractivity contribution in [2.24, 2.45) is 0 Å². The summed E-state index contributed by atoms with van der Waals surface area (Å²) >= 11 is 1.36. The van der Waals surface area contributed by atoms with Gasteiger partial charge in [0.2, 0.25) is 0 Å². The van der Waals surface area contributed by atoms with Gasteiger partial charge in [-0.15, -0.1) is 11.8 Å². The lowest BCUT2D eigenvalue weighted by Crippen LogP contribution is -2.44. The van der Waals surface area contributed by atoms with Crippen LogP contribution in [0.4, 0.5) is 0 Å². The van der Waals surface area contributed by atoms with Crippen molar-refractivity contribution in [1.82, 2.24) is 20.4 Å². The lowest BCUT2D eigenvalue weighted by Gasteiger charge is -2.24. The Morgan fingerprint density at radius 1 is 1.40 bits per heavy atom. The molecule has 1 aromatic heterocycles. The summed E-state index contributed by atoms with van der Waals surface area (Å²) in [5, 5.41) is 10.6. The fourth-order valence-electron chi connectivity index (χ4n) is 2.32. The first-order chi connectivity index (χ1) is 12.0. The molecule has 2 N–H and O–H groups in total. The van der Waals surface area contributed by atoms with Crippen molar-refractivity contribution in [3.05, 3.63) is 47.5 Å². The van der Waals surface area contributed by atoms with Gasteiger partial charge in [0.05, 0.1) is 24.8 Å². The number of aromatic hydroxyl groups is 1. The number of nitrogens with one attached hydrogen (secondary N) is 1. The molecule has 0 bridgehead atoms. The molecular formula is C16H16N4O4S. The van der Waals surface area contributed by atoms with Crippen LogP contribution in [0, 0.1) is 6.92 Å². The van der Waals surface area contributed by atoms with Gasteiger partial charge in [-0.1, -0.05) is 6.07 Å². The third-order valence-electron chi connectivity index (χ3n) is 3.59. The van der Waals surface area contributed by atoms with Gasteiger partial charge in [-0.05, 0) is 24.6 Å². The van der Waals surface area contributed by atoms with Gasteiger partial charge in [0.15, 0.2) is 11.5 Å². The number of ether oxygens (including phenoxy) is 1. The molecule has 1 unspecified atom stereocenters. The van der Waals surface area contributed by atoms with Gasteiger partial charge in [-0.2, -0.15) is 0 Å². The molecule has 0 saturated carbocycles. The fraction of sp³-hybridized carbons (Fsp3) is 0.250. The van der Waals surface area contributed by atoms with Crippen LogP contribution in [-0.4, -0.2) is 44.8 Å². The molecule has 8 nitrogen and oxygen atoms in total. The molecule has 1 atom stereocenters. The number of phenolic OH excluding ortho intramolecular Hbond substituents is 1. The van der Waals surface area contributed by atoms with Gasteiger partial charge in [0.25, 0.3) is 11.8 Å². The van der Waals surface area contributed by atoms with Crippen LogP contribution in [-0.2, 0) is 4.79 Å². The maximum Gasteiger partial charge on any atom is 0.290 e. The number of amides is 2. The largest absolute Gasteiger partial charge is 0.504 e. The van der Waals surface area contributed by atoms with Gasteiger partial charge >= 0.3 is 0 Å². The third kappa shape index (κ3) is 3.50. The lowest BCUT2D eigenvalue weighted by molar-refractivity contribution is -0.130. The molecule has 1 aromatic carbocycles. The standard InChI is InChI=1S/C16H16N4O4S/c1-9-6-18-11(7-17-9)15(23)19-20-14(22)8-25-16(20)10-3-4-12(21)13(5-10)24-2/h3-7,16,21H,8H2,1-2H3,(H,19,23). The van der Waals surface area contributed by atoms with Crippen molar-refractivity contribution in [3.8, 4) is 11.5 Å². The average molecular weight is 360 g/mol. The van der Waals surface area contributed by atoms with Crippen LogP contribution >= 0.6 is 11.8 Å². The third-order valence-corrected chi connectivity index (χ3v) is 4.80. The van der Waals surface area contributed by atoms with Crippen molar-refractivity contribution < 1.29 is 19.4 Å². The van der Waals surface area contributed by atoms with Crippen LogP contribution in [0.3, 0.4) is 0 Å². The van der Waals surface area contributed by atoms with E-state index in [9.17, 15) is 14.7 Å². The van der Waals surface area contributed by atoms with E-state index in [-0.39, 0.29) is 23.1 Å². The predicted octanol–water partition coefficient (Wildman–Crippen LogP) is 1.42. The Hall–Kier alpha value is -2.81. The first-order valence-corrected chi connectivity index (χ1v) is 8.44. The molecule has 3 rings (SSSR count). The SMILES string of the molecule is COc1cc(C2SCC(=O)N2NC(=O)c2cnc(C)cn2)ccc1O. The van der Waals surface area contributed by atoms with Crippen molar-refractivity contribution in [1.29, 1.82) is 0 Å². The number of benzene rings is 1. The highest BCUT2D eigenvalue weighted by atomic mass is 32.2. The van der Waals surface area contributed by atoms with Crippen LogP contribution < -0.4 is 10.2 Å². The van der Waals surface area contributed by atoms with E-state index in [2.05, 4.69) is 15.4 Å². The number of methoxy groups -OCH3 is 1. The summed E-state index contributed by atoms with van der Waals surface area (Å²) in [6, 6.07) is 4.80. The van der Waals surface area contributed by atoms with E-state index >= 15 is 0 Å². The molecule has 0 radical (unpaired) electrons. The minimum absolute atomic E-state index is 0.00564. The molecule has 130 valence electrons. The lowest BCUT2D eigenvalue weighted by atomic mass is 10.2. The summed E-state index contributed by atoms with van der Waals surface area (Å²) in [5.41, 5.74) is 4.12. The number of thioether (sulfide) groups is 1. The number of carbonyl (C=O) groups is 2. The molecular weight excluding hydrogens is 344 g/mol. The summed E-state index contributed by atoms with van der Waals surface area (Å²) < 4.78 is 5.10. The number of rotatable bonds is 4. The van der Waals surface area contributed by atoms with Gasteiger partial charge in [0, 0.05) is 6.20 Å². The normalized spacial score (nSPS) is 16.8. The van der Waals surface area contributed by atoms with Crippen molar-refractivity contribution >= 4 is 23.6 Å². The summed E-state index contributed by atoms with van der Waals surface area (Å²) in [6.45, 7) is 1.77. The monoisotopic (exact) mass is 360 g/mol. The maximum atomic E-state index is 12.3. The Kier molecular flexibility index (Phi) is 4.75. The van der Waals surface area contributed by atoms with Crippen LogP contribution in [0.2, 0.25) is 0 Å². The number of hydrogen-bond acceptors (Lipinski definition) is 7. The van der Waals surface area contributed by atoms with Crippen LogP contribution in [0.5, 0.6) is 11.5 Å². The molecule has 1 aliphatic rings. The molecule has 0 aliphatic carbocycles. The first-order valence-electron chi connectivity index (χ1n) is 7.40. The predicted molar refractivity (Wildman–Crippen MR) is 90.9 cm³/mol. The van der Waals surface area contributed by atoms with E-state index < -0.39 is 11.3 Å². The number of hydrazine groups is 1. The minimum atomic E-state index is -0.515. The number of aromatic nitrogens is 2. The zero-order chi connectivity index (χ0) is 18.0. The van der Waals surface area contributed by atoms with Gasteiger partial charge in [0.1, 0.15) is 11.1 Å². The number of carbonyl (C=O) groups excluding carboxylic acids is 2. The highest BCUT2D eigenvalue weighted by Crippen LogP contribution is 2.40. The molecule has 0 spiro atoms. The summed E-state index contributed by atoms with van der Waals surface area (Å²) in [5.74, 6) is -0.206. The van der Waals surface area contributed by atoms with E-state index in [0.717, 1.165) is 5.56 Å². The Morgan fingerprint density at radius 3 is 2.88 bits per heavy atom. The topological polar surface area (TPSA) is 105 Å². The highest BCUT2D eigenvalue weighted by Gasteiger charge is 2.35. The molecule has 1 fully saturated rings. The molecule has 2 amide bonds. The van der Waals surface area contributed by atoms with Crippen molar-refractivity contribution in [2.75, 3.05) is 12.9 Å². The Morgan fingerprint density at radius 2 is 2.20 bits per heavy atom. The zero-order valence-electron chi connectivity index (χ0n) is 13.6. The Bertz CT molecular complexity index is 812. The van der Waals surface area contributed by atoms with E-state index in [0.29, 0.717) is 11.4 Å². The number of nitrogens with zero attached hydrogens (tertiary/aromatic N) is 3. The van der Waals surface area contributed by atoms with Crippen LogP contribution in [0.25, 0.3) is 0 Å². The summed E-state index contributed by atoms with van der Waals surface area (Å²) in [4.78, 5) is 32.5. The summed E-state index contributed by atoms with van der Waals surface area (Å²) in [7, 11) is 1.45. The van der Waals surface area contributed by atoms with Crippen LogP contribution in [0.15, 0.2) is 30.6 Å². The van der Waals surface area contributed by atoms with E-state index in [1.54, 1.807) is 19.1 Å². The molecule has 1 saturated heterocycles. The second kappa shape index (κ2) is 6.98. The van der Waals surface area contributed by atoms with E-state index in [4.69, 9.17) is 4.74 Å². The molecule has 2 aromatic rings. The second-order valence-electron chi connectivity index (χ2n) is 5.34. The fourth-order valence-corrected chi connectivity index (χ4v) is 3.41. The first kappa shape index (κ1) is 17.0. The second-order valence-corrected chi connectivity index (χ2v) is 6.41. The smallest absolute Gasteiger partial charge is 0.290 e. The Balaban J connectivity index is 1.82. The van der Waals surface area contributed by atoms with Gasteiger partial charge < -0.3 is 9.84 Å². The molecule has 9 heteroatoms. The number of aryl methyl sites for hydroxylation is 1.